The monoisotopic (exact) mass is 327 g/mol. The first kappa shape index (κ1) is 14.6. The van der Waals surface area contributed by atoms with Gasteiger partial charge in [-0.25, -0.2) is 4.79 Å². The van der Waals surface area contributed by atoms with Crippen molar-refractivity contribution in [3.8, 4) is 0 Å². The lowest BCUT2D eigenvalue weighted by atomic mass is 9.96. The van der Waals surface area contributed by atoms with Crippen LogP contribution in [0.1, 0.15) is 41.5 Å². The van der Waals surface area contributed by atoms with E-state index in [0.717, 1.165) is 35.5 Å². The summed E-state index contributed by atoms with van der Waals surface area (Å²) >= 11 is 6.40. The number of carbonyl (C=O) groups excluding carboxylic acids is 1. The number of carbonyl (C=O) groups is 1. The molecule has 0 spiro atoms. The molecule has 2 aromatic carbocycles. The van der Waals surface area contributed by atoms with E-state index in [1.807, 2.05) is 47.4 Å². The van der Waals surface area contributed by atoms with Gasteiger partial charge in [-0.1, -0.05) is 54.1 Å². The Morgan fingerprint density at radius 3 is 2.83 bits per heavy atom. The fraction of sp³-hybridized carbons (Fsp3) is 0.316. The van der Waals surface area contributed by atoms with Gasteiger partial charge in [0.15, 0.2) is 0 Å². The van der Waals surface area contributed by atoms with E-state index in [1.165, 1.54) is 5.56 Å². The zero-order chi connectivity index (χ0) is 15.8. The molecule has 2 atom stereocenters. The molecule has 118 valence electrons. The third kappa shape index (κ3) is 2.59. The second-order valence-corrected chi connectivity index (χ2v) is 6.62. The quantitative estimate of drug-likeness (QED) is 0.784. The van der Waals surface area contributed by atoms with Crippen LogP contribution >= 0.6 is 11.6 Å². The molecule has 0 radical (unpaired) electrons. The number of amides is 1. The van der Waals surface area contributed by atoms with Gasteiger partial charge in [0, 0.05) is 11.6 Å². The summed E-state index contributed by atoms with van der Waals surface area (Å²) in [6, 6.07) is 15.9. The van der Waals surface area contributed by atoms with Crippen molar-refractivity contribution in [3.63, 3.8) is 0 Å². The maximum atomic E-state index is 12.5. The van der Waals surface area contributed by atoms with Crippen molar-refractivity contribution in [1.82, 2.24) is 4.90 Å². The Bertz CT molecular complexity index is 731. The first-order chi connectivity index (χ1) is 11.2. The maximum absolute atomic E-state index is 12.5. The van der Waals surface area contributed by atoms with Gasteiger partial charge in [0.25, 0.3) is 0 Å². The average molecular weight is 328 g/mol. The maximum Gasteiger partial charge on any atom is 0.410 e. The molecule has 3 nitrogen and oxygen atoms in total. The second-order valence-electron chi connectivity index (χ2n) is 6.21. The summed E-state index contributed by atoms with van der Waals surface area (Å²) in [6.45, 7) is 1.04. The Balaban J connectivity index is 1.52. The van der Waals surface area contributed by atoms with E-state index < -0.39 is 0 Å². The third-order valence-corrected chi connectivity index (χ3v) is 5.23. The fourth-order valence-corrected chi connectivity index (χ4v) is 4.11. The third-order valence-electron chi connectivity index (χ3n) is 4.90. The van der Waals surface area contributed by atoms with Gasteiger partial charge >= 0.3 is 6.09 Å². The van der Waals surface area contributed by atoms with Gasteiger partial charge in [0.2, 0.25) is 0 Å². The number of piperidine rings is 1. The number of fused-ring (bicyclic) bond motifs is 5. The Labute approximate surface area is 140 Å². The van der Waals surface area contributed by atoms with Crippen LogP contribution in [-0.2, 0) is 11.3 Å². The molecular formula is C19H18ClNO2. The normalized spacial score (nSPS) is 21.9. The Kier molecular flexibility index (Phi) is 3.74. The minimum absolute atomic E-state index is 0.0562. The summed E-state index contributed by atoms with van der Waals surface area (Å²) < 4.78 is 5.52. The first-order valence-corrected chi connectivity index (χ1v) is 8.37. The SMILES string of the molecule is O=C(OCc1ccccc1)N1CC[C@@H]2C[C@H]1c1c(Cl)cccc12. The number of ether oxygens (including phenoxy) is 1. The van der Waals surface area contributed by atoms with Crippen molar-refractivity contribution >= 4 is 17.7 Å². The van der Waals surface area contributed by atoms with Gasteiger partial charge in [-0.05, 0) is 41.5 Å². The smallest absolute Gasteiger partial charge is 0.410 e. The Morgan fingerprint density at radius 1 is 1.17 bits per heavy atom. The first-order valence-electron chi connectivity index (χ1n) is 7.99. The molecule has 1 fully saturated rings. The molecule has 1 saturated heterocycles. The van der Waals surface area contributed by atoms with E-state index in [9.17, 15) is 4.79 Å². The van der Waals surface area contributed by atoms with Crippen molar-refractivity contribution in [2.24, 2.45) is 0 Å². The lowest BCUT2D eigenvalue weighted by molar-refractivity contribution is 0.0695. The fourth-order valence-electron chi connectivity index (χ4n) is 3.80. The van der Waals surface area contributed by atoms with Crippen LogP contribution in [0.4, 0.5) is 4.79 Å². The molecule has 1 aliphatic carbocycles. The molecule has 1 amide bonds. The van der Waals surface area contributed by atoms with Gasteiger partial charge < -0.3 is 9.64 Å². The van der Waals surface area contributed by atoms with Crippen molar-refractivity contribution in [2.75, 3.05) is 6.54 Å². The standard InChI is InChI=1S/C19H18ClNO2/c20-16-8-4-7-15-14-9-10-21(17(11-14)18(15)16)19(22)23-12-13-5-2-1-3-6-13/h1-8,14,17H,9-12H2/t14-,17+/m1/s1. The Hall–Kier alpha value is -2.00. The highest BCUT2D eigenvalue weighted by Crippen LogP contribution is 2.51. The highest BCUT2D eigenvalue weighted by Gasteiger charge is 2.42. The molecule has 1 aliphatic heterocycles. The van der Waals surface area contributed by atoms with Crippen LogP contribution in [0.3, 0.4) is 0 Å². The lowest BCUT2D eigenvalue weighted by Crippen LogP contribution is -2.37. The summed E-state index contributed by atoms with van der Waals surface area (Å²) in [5.74, 6) is 0.520. The molecule has 4 rings (SSSR count). The second kappa shape index (κ2) is 5.89. The molecule has 1 heterocycles. The summed E-state index contributed by atoms with van der Waals surface area (Å²) in [5, 5.41) is 0.762. The summed E-state index contributed by atoms with van der Waals surface area (Å²) in [4.78, 5) is 14.4. The van der Waals surface area contributed by atoms with Crippen molar-refractivity contribution in [3.05, 3.63) is 70.2 Å². The molecular weight excluding hydrogens is 310 g/mol. The summed E-state index contributed by atoms with van der Waals surface area (Å²) in [6.07, 6.45) is 1.69. The van der Waals surface area contributed by atoms with Gasteiger partial charge in [-0.3, -0.25) is 0 Å². The van der Waals surface area contributed by atoms with Crippen molar-refractivity contribution in [2.45, 2.75) is 31.4 Å². The molecule has 2 aliphatic rings. The number of likely N-dealkylation sites (tertiary alicyclic amines) is 1. The molecule has 0 unspecified atom stereocenters. The summed E-state index contributed by atoms with van der Waals surface area (Å²) in [7, 11) is 0. The van der Waals surface area contributed by atoms with Crippen LogP contribution in [0.25, 0.3) is 0 Å². The van der Waals surface area contributed by atoms with Crippen LogP contribution in [0.5, 0.6) is 0 Å². The van der Waals surface area contributed by atoms with E-state index in [1.54, 1.807) is 0 Å². The highest BCUT2D eigenvalue weighted by molar-refractivity contribution is 6.31. The van der Waals surface area contributed by atoms with Crippen LogP contribution in [-0.4, -0.2) is 17.5 Å². The van der Waals surface area contributed by atoms with Gasteiger partial charge in [0.05, 0.1) is 6.04 Å². The molecule has 2 aromatic rings. The predicted molar refractivity (Wildman–Crippen MR) is 89.5 cm³/mol. The van der Waals surface area contributed by atoms with E-state index >= 15 is 0 Å². The molecule has 0 N–H and O–H groups in total. The van der Waals surface area contributed by atoms with Crippen molar-refractivity contribution < 1.29 is 9.53 Å². The number of nitrogens with zero attached hydrogens (tertiary/aromatic N) is 1. The van der Waals surface area contributed by atoms with E-state index in [4.69, 9.17) is 16.3 Å². The number of hydrogen-bond acceptors (Lipinski definition) is 2. The van der Waals surface area contributed by atoms with E-state index in [2.05, 4.69) is 6.07 Å². The van der Waals surface area contributed by atoms with Crippen LogP contribution in [0.2, 0.25) is 5.02 Å². The molecule has 2 bridgehead atoms. The molecule has 23 heavy (non-hydrogen) atoms. The predicted octanol–water partition coefficient (Wildman–Crippen LogP) is 4.91. The van der Waals surface area contributed by atoms with Gasteiger partial charge in [-0.15, -0.1) is 0 Å². The summed E-state index contributed by atoms with van der Waals surface area (Å²) in [5.41, 5.74) is 3.43. The lowest BCUT2D eigenvalue weighted by Gasteiger charge is -2.33. The minimum atomic E-state index is -0.245. The van der Waals surface area contributed by atoms with E-state index in [0.29, 0.717) is 12.5 Å². The van der Waals surface area contributed by atoms with E-state index in [-0.39, 0.29) is 12.1 Å². The minimum Gasteiger partial charge on any atom is -0.445 e. The van der Waals surface area contributed by atoms with Crippen LogP contribution in [0.15, 0.2) is 48.5 Å². The number of halogens is 1. The zero-order valence-electron chi connectivity index (χ0n) is 12.7. The highest BCUT2D eigenvalue weighted by atomic mass is 35.5. The van der Waals surface area contributed by atoms with Crippen LogP contribution in [0, 0.1) is 0 Å². The largest absolute Gasteiger partial charge is 0.445 e. The molecule has 4 heteroatoms. The molecule has 0 saturated carbocycles. The molecule has 0 aromatic heterocycles. The Morgan fingerprint density at radius 2 is 2.00 bits per heavy atom. The van der Waals surface area contributed by atoms with Gasteiger partial charge in [-0.2, -0.15) is 0 Å². The van der Waals surface area contributed by atoms with Gasteiger partial charge in [0.1, 0.15) is 6.61 Å². The van der Waals surface area contributed by atoms with Crippen molar-refractivity contribution in [1.29, 1.82) is 0 Å². The topological polar surface area (TPSA) is 29.5 Å². The average Bonchev–Trinajstić information content (AvgIpc) is 2.88. The number of hydrogen-bond donors (Lipinski definition) is 0. The zero-order valence-corrected chi connectivity index (χ0v) is 13.5. The number of benzene rings is 2. The number of rotatable bonds is 2. The van der Waals surface area contributed by atoms with Crippen LogP contribution < -0.4 is 0 Å².